The number of aliphatic hydroxyl groups is 1. The Morgan fingerprint density at radius 2 is 2.10 bits per heavy atom. The van der Waals surface area contributed by atoms with E-state index in [1.807, 2.05) is 11.8 Å². The Morgan fingerprint density at radius 3 is 2.76 bits per heavy atom. The van der Waals surface area contributed by atoms with Crippen LogP contribution in [0.2, 0.25) is 0 Å². The van der Waals surface area contributed by atoms with Crippen molar-refractivity contribution in [3.63, 3.8) is 0 Å². The smallest absolute Gasteiger partial charge is 0.273 e. The first-order valence-electron chi connectivity index (χ1n) is 9.69. The summed E-state index contributed by atoms with van der Waals surface area (Å²) in [7, 11) is 0. The largest absolute Gasteiger partial charge is 0.388 e. The van der Waals surface area contributed by atoms with E-state index in [0.717, 1.165) is 0 Å². The van der Waals surface area contributed by atoms with Gasteiger partial charge in [-0.25, -0.2) is 4.98 Å². The summed E-state index contributed by atoms with van der Waals surface area (Å²) < 4.78 is 11.0. The summed E-state index contributed by atoms with van der Waals surface area (Å²) in [5.74, 6) is 0.766. The van der Waals surface area contributed by atoms with Crippen LogP contribution >= 0.6 is 0 Å². The molecule has 0 unspecified atom stereocenters. The maximum absolute atomic E-state index is 12.6. The Balaban J connectivity index is 1.47. The molecule has 2 atom stereocenters. The Morgan fingerprint density at radius 1 is 1.34 bits per heavy atom. The van der Waals surface area contributed by atoms with Gasteiger partial charge in [0.2, 0.25) is 0 Å². The molecule has 0 aliphatic carbocycles. The predicted octanol–water partition coefficient (Wildman–Crippen LogP) is 0.375. The highest BCUT2D eigenvalue weighted by atomic mass is 16.5. The first kappa shape index (κ1) is 19.6. The quantitative estimate of drug-likeness (QED) is 0.670. The summed E-state index contributed by atoms with van der Waals surface area (Å²) in [6.45, 7) is 5.14. The monoisotopic (exact) mass is 403 g/mol. The molecule has 2 saturated heterocycles. The minimum absolute atomic E-state index is 0.187. The number of amides is 1. The molecule has 2 fully saturated rings. The fraction of sp³-hybridized carbons (Fsp3) is 0.579. The molecule has 10 nitrogen and oxygen atoms in total. The number of aromatic nitrogens is 3. The van der Waals surface area contributed by atoms with Gasteiger partial charge < -0.3 is 29.6 Å². The van der Waals surface area contributed by atoms with Crippen molar-refractivity contribution in [2.75, 3.05) is 24.6 Å². The van der Waals surface area contributed by atoms with Crippen LogP contribution in [0.25, 0.3) is 0 Å². The lowest BCUT2D eigenvalue weighted by atomic mass is 9.73. The topological polar surface area (TPSA) is 134 Å². The standard InChI is InChI=1S/C19H25N5O5/c1-12-9-13(23-29-12)16(26)22-18(2)5-8-28-19(17(18)27)3-6-24(7-4-19)14-10-15(25)21-11-20-14/h9-11,17,27H,3-8H2,1-2H3,(H,22,26)(H,20,21,25)/t17-,18+/m1/s1. The summed E-state index contributed by atoms with van der Waals surface area (Å²) in [4.78, 5) is 32.9. The fourth-order valence-corrected chi connectivity index (χ4v) is 4.25. The van der Waals surface area contributed by atoms with Crippen molar-refractivity contribution in [3.05, 3.63) is 40.3 Å². The summed E-state index contributed by atoms with van der Waals surface area (Å²) in [6.07, 6.45) is 2.08. The predicted molar refractivity (Wildman–Crippen MR) is 103 cm³/mol. The number of ether oxygens (including phenoxy) is 1. The molecular weight excluding hydrogens is 378 g/mol. The van der Waals surface area contributed by atoms with Crippen molar-refractivity contribution in [2.24, 2.45) is 0 Å². The van der Waals surface area contributed by atoms with Crippen LogP contribution in [0.5, 0.6) is 0 Å². The third-order valence-electron chi connectivity index (χ3n) is 5.97. The van der Waals surface area contributed by atoms with Gasteiger partial charge in [-0.2, -0.15) is 0 Å². The van der Waals surface area contributed by atoms with Gasteiger partial charge in [-0.05, 0) is 33.1 Å². The Bertz CT molecular complexity index is 948. The number of anilines is 1. The first-order chi connectivity index (χ1) is 13.8. The minimum Gasteiger partial charge on any atom is -0.388 e. The number of hydrogen-bond donors (Lipinski definition) is 3. The van der Waals surface area contributed by atoms with Gasteiger partial charge in [-0.3, -0.25) is 9.59 Å². The Labute approximate surface area is 167 Å². The minimum atomic E-state index is -0.894. The number of nitrogens with one attached hydrogen (secondary N) is 2. The number of H-pyrrole nitrogens is 1. The van der Waals surface area contributed by atoms with Crippen LogP contribution in [0.1, 0.15) is 42.4 Å². The molecule has 2 aromatic rings. The Kier molecular flexibility index (Phi) is 4.91. The second-order valence-electron chi connectivity index (χ2n) is 8.02. The molecule has 0 bridgehead atoms. The van der Waals surface area contributed by atoms with E-state index < -0.39 is 17.2 Å². The van der Waals surface area contributed by atoms with E-state index in [9.17, 15) is 14.7 Å². The van der Waals surface area contributed by atoms with Crippen LogP contribution in [-0.4, -0.2) is 63.1 Å². The van der Waals surface area contributed by atoms with E-state index in [2.05, 4.69) is 20.4 Å². The van der Waals surface area contributed by atoms with Gasteiger partial charge in [0, 0.05) is 31.8 Å². The zero-order chi connectivity index (χ0) is 20.6. The van der Waals surface area contributed by atoms with Crippen LogP contribution in [0, 0.1) is 6.92 Å². The highest BCUT2D eigenvalue weighted by Crippen LogP contribution is 2.40. The van der Waals surface area contributed by atoms with Crippen molar-refractivity contribution in [2.45, 2.75) is 50.4 Å². The molecule has 0 saturated carbocycles. The number of rotatable bonds is 3. The number of piperidine rings is 1. The van der Waals surface area contributed by atoms with E-state index >= 15 is 0 Å². The van der Waals surface area contributed by atoms with Crippen LogP contribution in [0.15, 0.2) is 27.8 Å². The van der Waals surface area contributed by atoms with Crippen LogP contribution in [0.3, 0.4) is 0 Å². The number of carbonyl (C=O) groups excluding carboxylic acids is 1. The van der Waals surface area contributed by atoms with Gasteiger partial charge in [0.25, 0.3) is 11.5 Å². The fourth-order valence-electron chi connectivity index (χ4n) is 4.25. The van der Waals surface area contributed by atoms with Crippen LogP contribution in [0.4, 0.5) is 5.82 Å². The molecule has 156 valence electrons. The summed E-state index contributed by atoms with van der Waals surface area (Å²) >= 11 is 0. The SMILES string of the molecule is Cc1cc(C(=O)N[C@@]2(C)CCOC3(CCN(c4cc(=O)[nH]cn4)CC3)[C@@H]2O)no1. The molecule has 10 heteroatoms. The van der Waals surface area contributed by atoms with Crippen LogP contribution < -0.4 is 15.8 Å². The van der Waals surface area contributed by atoms with Crippen molar-refractivity contribution < 1.29 is 19.2 Å². The van der Waals surface area contributed by atoms with E-state index in [4.69, 9.17) is 9.26 Å². The van der Waals surface area contributed by atoms with Crippen molar-refractivity contribution in [1.82, 2.24) is 20.4 Å². The Hall–Kier alpha value is -2.72. The number of nitrogens with zero attached hydrogens (tertiary/aromatic N) is 3. The zero-order valence-electron chi connectivity index (χ0n) is 16.5. The highest BCUT2D eigenvalue weighted by Gasteiger charge is 2.54. The van der Waals surface area contributed by atoms with Crippen molar-refractivity contribution >= 4 is 11.7 Å². The van der Waals surface area contributed by atoms with Gasteiger partial charge in [0.15, 0.2) is 5.69 Å². The molecule has 2 aliphatic heterocycles. The van der Waals surface area contributed by atoms with Gasteiger partial charge in [-0.1, -0.05) is 5.16 Å². The molecule has 3 N–H and O–H groups in total. The second kappa shape index (κ2) is 7.27. The van der Waals surface area contributed by atoms with Gasteiger partial charge in [-0.15, -0.1) is 0 Å². The third-order valence-corrected chi connectivity index (χ3v) is 5.97. The lowest BCUT2D eigenvalue weighted by Crippen LogP contribution is -2.69. The number of aromatic amines is 1. The van der Waals surface area contributed by atoms with Crippen molar-refractivity contribution in [3.8, 4) is 0 Å². The van der Waals surface area contributed by atoms with Gasteiger partial charge in [0.05, 0.1) is 17.5 Å². The molecule has 2 aromatic heterocycles. The van der Waals surface area contributed by atoms with Crippen molar-refractivity contribution in [1.29, 1.82) is 0 Å². The van der Waals surface area contributed by atoms with Gasteiger partial charge in [0.1, 0.15) is 17.7 Å². The first-order valence-corrected chi connectivity index (χ1v) is 9.69. The maximum atomic E-state index is 12.6. The van der Waals surface area contributed by atoms with E-state index in [1.54, 1.807) is 13.0 Å². The average Bonchev–Trinajstić information content (AvgIpc) is 3.13. The second-order valence-corrected chi connectivity index (χ2v) is 8.02. The maximum Gasteiger partial charge on any atom is 0.273 e. The molecule has 2 aliphatic rings. The molecular formula is C19H25N5O5. The lowest BCUT2D eigenvalue weighted by Gasteiger charge is -2.53. The normalized spacial score (nSPS) is 26.4. The van der Waals surface area contributed by atoms with E-state index in [0.29, 0.717) is 50.5 Å². The number of aliphatic hydroxyl groups excluding tert-OH is 1. The van der Waals surface area contributed by atoms with Crippen LogP contribution in [-0.2, 0) is 4.74 Å². The third kappa shape index (κ3) is 3.65. The molecule has 0 aromatic carbocycles. The molecule has 1 spiro atoms. The summed E-state index contributed by atoms with van der Waals surface area (Å²) in [5, 5.41) is 17.9. The van der Waals surface area contributed by atoms with E-state index in [1.165, 1.54) is 12.4 Å². The zero-order valence-corrected chi connectivity index (χ0v) is 16.5. The van der Waals surface area contributed by atoms with E-state index in [-0.39, 0.29) is 17.2 Å². The average molecular weight is 403 g/mol. The molecule has 29 heavy (non-hydrogen) atoms. The highest BCUT2D eigenvalue weighted by molar-refractivity contribution is 5.92. The van der Waals surface area contributed by atoms with Gasteiger partial charge >= 0.3 is 0 Å². The number of carbonyl (C=O) groups is 1. The molecule has 1 amide bonds. The number of hydrogen-bond acceptors (Lipinski definition) is 8. The molecule has 4 heterocycles. The summed E-state index contributed by atoms with van der Waals surface area (Å²) in [5.41, 5.74) is -1.64. The lowest BCUT2D eigenvalue weighted by molar-refractivity contribution is -0.195. The number of aryl methyl sites for hydroxylation is 1. The molecule has 4 rings (SSSR count). The summed E-state index contributed by atoms with van der Waals surface area (Å²) in [6, 6.07) is 3.02. The molecule has 0 radical (unpaired) electrons.